The number of hydrogen-bond acceptors (Lipinski definition) is 2. The summed E-state index contributed by atoms with van der Waals surface area (Å²) in [5, 5.41) is 3.48. The van der Waals surface area contributed by atoms with Crippen molar-refractivity contribution in [3.05, 3.63) is 0 Å². The number of aliphatic imine (C=N–C) groups is 1. The number of methoxy groups -OCH3 is 1. The summed E-state index contributed by atoms with van der Waals surface area (Å²) in [5.74, 6) is 1.75. The van der Waals surface area contributed by atoms with Crippen molar-refractivity contribution in [1.82, 2.24) is 10.2 Å². The summed E-state index contributed by atoms with van der Waals surface area (Å²) < 4.78 is 5.19. The number of hydrogen-bond donors (Lipinski definition) is 1. The summed E-state index contributed by atoms with van der Waals surface area (Å²) in [7, 11) is 3.65. The average Bonchev–Trinajstić information content (AvgIpc) is 2.95. The van der Waals surface area contributed by atoms with Gasteiger partial charge in [-0.3, -0.25) is 4.99 Å². The van der Waals surface area contributed by atoms with Crippen LogP contribution in [0.4, 0.5) is 0 Å². The number of ether oxygens (including phenoxy) is 1. The summed E-state index contributed by atoms with van der Waals surface area (Å²) >= 11 is 0. The van der Waals surface area contributed by atoms with Crippen LogP contribution in [-0.2, 0) is 4.74 Å². The maximum absolute atomic E-state index is 5.19. The lowest BCUT2D eigenvalue weighted by Gasteiger charge is -2.21. The molecular weight excluding hydrogens is 317 g/mol. The first-order valence-electron chi connectivity index (χ1n) is 5.80. The van der Waals surface area contributed by atoms with Gasteiger partial charge in [-0.15, -0.1) is 24.0 Å². The molecule has 1 saturated heterocycles. The number of rotatable bonds is 3. The molecule has 1 saturated carbocycles. The van der Waals surface area contributed by atoms with Gasteiger partial charge in [-0.2, -0.15) is 0 Å². The maximum atomic E-state index is 5.19. The highest BCUT2D eigenvalue weighted by atomic mass is 127. The Morgan fingerprint density at radius 1 is 1.44 bits per heavy atom. The molecule has 1 aliphatic heterocycles. The molecule has 16 heavy (non-hydrogen) atoms. The molecular formula is C11H22IN3O. The van der Waals surface area contributed by atoms with Crippen LogP contribution < -0.4 is 5.32 Å². The number of nitrogens with zero attached hydrogens (tertiary/aromatic N) is 2. The van der Waals surface area contributed by atoms with Crippen molar-refractivity contribution in [2.24, 2.45) is 10.9 Å². The van der Waals surface area contributed by atoms with Crippen molar-refractivity contribution in [3.63, 3.8) is 0 Å². The van der Waals surface area contributed by atoms with Crippen molar-refractivity contribution < 1.29 is 4.74 Å². The van der Waals surface area contributed by atoms with Crippen molar-refractivity contribution in [2.75, 3.05) is 33.9 Å². The molecule has 0 aromatic rings. The SMILES string of the molecule is CN=C(NC1CC1)N1CCC(COC)C1.I. The van der Waals surface area contributed by atoms with E-state index in [0.717, 1.165) is 25.7 Å². The lowest BCUT2D eigenvalue weighted by molar-refractivity contribution is 0.157. The molecule has 5 heteroatoms. The van der Waals surface area contributed by atoms with Gasteiger partial charge in [0.05, 0.1) is 6.61 Å². The summed E-state index contributed by atoms with van der Waals surface area (Å²) in [5.41, 5.74) is 0. The fourth-order valence-electron chi connectivity index (χ4n) is 2.10. The van der Waals surface area contributed by atoms with E-state index in [-0.39, 0.29) is 24.0 Å². The number of nitrogens with one attached hydrogen (secondary N) is 1. The Morgan fingerprint density at radius 2 is 2.19 bits per heavy atom. The van der Waals surface area contributed by atoms with Gasteiger partial charge >= 0.3 is 0 Å². The lowest BCUT2D eigenvalue weighted by Crippen LogP contribution is -2.41. The van der Waals surface area contributed by atoms with Crippen LogP contribution >= 0.6 is 24.0 Å². The zero-order valence-corrected chi connectivity index (χ0v) is 12.4. The summed E-state index contributed by atoms with van der Waals surface area (Å²) in [6.07, 6.45) is 3.82. The zero-order valence-electron chi connectivity index (χ0n) is 10.1. The molecule has 0 aromatic carbocycles. The Hall–Kier alpha value is -0.0400. The first-order valence-corrected chi connectivity index (χ1v) is 5.80. The van der Waals surface area contributed by atoms with E-state index in [2.05, 4.69) is 15.2 Å². The lowest BCUT2D eigenvalue weighted by atomic mass is 10.1. The molecule has 2 fully saturated rings. The van der Waals surface area contributed by atoms with Crippen LogP contribution in [0.25, 0.3) is 0 Å². The van der Waals surface area contributed by atoms with E-state index in [1.807, 2.05) is 7.05 Å². The Labute approximate surface area is 115 Å². The van der Waals surface area contributed by atoms with Crippen LogP contribution in [-0.4, -0.2) is 50.8 Å². The number of halogens is 1. The quantitative estimate of drug-likeness (QED) is 0.479. The molecule has 1 aliphatic carbocycles. The minimum absolute atomic E-state index is 0. The number of guanidine groups is 1. The highest BCUT2D eigenvalue weighted by molar-refractivity contribution is 14.0. The van der Waals surface area contributed by atoms with Crippen molar-refractivity contribution in [3.8, 4) is 0 Å². The third-order valence-corrected chi connectivity index (χ3v) is 3.11. The van der Waals surface area contributed by atoms with Gasteiger partial charge in [-0.05, 0) is 19.3 Å². The van der Waals surface area contributed by atoms with Gasteiger partial charge in [0.1, 0.15) is 0 Å². The summed E-state index contributed by atoms with van der Waals surface area (Å²) in [6, 6.07) is 0.685. The summed E-state index contributed by atoms with van der Waals surface area (Å²) in [6.45, 7) is 3.07. The molecule has 0 spiro atoms. The predicted octanol–water partition coefficient (Wildman–Crippen LogP) is 1.31. The second-order valence-electron chi connectivity index (χ2n) is 4.52. The molecule has 1 unspecified atom stereocenters. The summed E-state index contributed by atoms with van der Waals surface area (Å²) in [4.78, 5) is 6.68. The molecule has 1 heterocycles. The largest absolute Gasteiger partial charge is 0.384 e. The third-order valence-electron chi connectivity index (χ3n) is 3.11. The van der Waals surface area contributed by atoms with Crippen LogP contribution in [0.1, 0.15) is 19.3 Å². The van der Waals surface area contributed by atoms with Gasteiger partial charge in [-0.25, -0.2) is 0 Å². The molecule has 1 N–H and O–H groups in total. The van der Waals surface area contributed by atoms with Crippen molar-refractivity contribution >= 4 is 29.9 Å². The molecule has 0 aromatic heterocycles. The molecule has 2 rings (SSSR count). The molecule has 2 aliphatic rings. The minimum Gasteiger partial charge on any atom is -0.384 e. The number of likely N-dealkylation sites (tertiary alicyclic amines) is 1. The maximum Gasteiger partial charge on any atom is 0.193 e. The molecule has 1 atom stereocenters. The van der Waals surface area contributed by atoms with Crippen LogP contribution in [0, 0.1) is 5.92 Å². The second kappa shape index (κ2) is 6.64. The average molecular weight is 339 g/mol. The highest BCUT2D eigenvalue weighted by Gasteiger charge is 2.28. The topological polar surface area (TPSA) is 36.9 Å². The molecule has 0 bridgehead atoms. The van der Waals surface area contributed by atoms with Crippen LogP contribution in [0.2, 0.25) is 0 Å². The van der Waals surface area contributed by atoms with E-state index in [0.29, 0.717) is 12.0 Å². The minimum atomic E-state index is 0. The van der Waals surface area contributed by atoms with E-state index < -0.39 is 0 Å². The van der Waals surface area contributed by atoms with Gasteiger partial charge in [0, 0.05) is 39.2 Å². The normalized spacial score (nSPS) is 25.5. The molecule has 0 amide bonds. The van der Waals surface area contributed by atoms with E-state index in [1.165, 1.54) is 19.3 Å². The van der Waals surface area contributed by atoms with Gasteiger partial charge in [0.2, 0.25) is 0 Å². The van der Waals surface area contributed by atoms with Crippen LogP contribution in [0.15, 0.2) is 4.99 Å². The van der Waals surface area contributed by atoms with Crippen molar-refractivity contribution in [2.45, 2.75) is 25.3 Å². The van der Waals surface area contributed by atoms with Gasteiger partial charge in [-0.1, -0.05) is 0 Å². The van der Waals surface area contributed by atoms with E-state index >= 15 is 0 Å². The van der Waals surface area contributed by atoms with E-state index in [9.17, 15) is 0 Å². The van der Waals surface area contributed by atoms with Crippen LogP contribution in [0.3, 0.4) is 0 Å². The fraction of sp³-hybridized carbons (Fsp3) is 0.909. The fourth-order valence-corrected chi connectivity index (χ4v) is 2.10. The van der Waals surface area contributed by atoms with Gasteiger partial charge in [0.25, 0.3) is 0 Å². The third kappa shape index (κ3) is 3.76. The zero-order chi connectivity index (χ0) is 10.7. The predicted molar refractivity (Wildman–Crippen MR) is 76.5 cm³/mol. The monoisotopic (exact) mass is 339 g/mol. The second-order valence-corrected chi connectivity index (χ2v) is 4.52. The van der Waals surface area contributed by atoms with Gasteiger partial charge < -0.3 is 15.0 Å². The Morgan fingerprint density at radius 3 is 2.75 bits per heavy atom. The Bertz CT molecular complexity index is 243. The van der Waals surface area contributed by atoms with E-state index in [1.54, 1.807) is 7.11 Å². The van der Waals surface area contributed by atoms with Crippen LogP contribution in [0.5, 0.6) is 0 Å². The van der Waals surface area contributed by atoms with E-state index in [4.69, 9.17) is 4.74 Å². The first-order chi connectivity index (χ1) is 7.33. The Balaban J connectivity index is 0.00000128. The standard InChI is InChI=1S/C11H21N3O.HI/c1-12-11(13-10-3-4-10)14-6-5-9(7-14)8-15-2;/h9-10H,3-8H2,1-2H3,(H,12,13);1H. The highest BCUT2D eigenvalue weighted by Crippen LogP contribution is 2.21. The first kappa shape index (κ1) is 14.0. The molecule has 0 radical (unpaired) electrons. The smallest absolute Gasteiger partial charge is 0.193 e. The van der Waals surface area contributed by atoms with Gasteiger partial charge in [0.15, 0.2) is 5.96 Å². The van der Waals surface area contributed by atoms with Crippen molar-refractivity contribution in [1.29, 1.82) is 0 Å². The molecule has 94 valence electrons. The molecule has 4 nitrogen and oxygen atoms in total. The Kier molecular flexibility index (Phi) is 5.82.